The van der Waals surface area contributed by atoms with Gasteiger partial charge in [0, 0.05) is 28.8 Å². The number of nitrogens with one attached hydrogen (secondary N) is 1. The summed E-state index contributed by atoms with van der Waals surface area (Å²) in [4.78, 5) is 4.54. The lowest BCUT2D eigenvalue weighted by atomic mass is 9.98. The number of aliphatic hydroxyl groups is 1. The number of aliphatic hydroxyl groups excluding tert-OH is 1. The van der Waals surface area contributed by atoms with Crippen LogP contribution in [-0.4, -0.2) is 37.5 Å². The van der Waals surface area contributed by atoms with Crippen LogP contribution in [0.3, 0.4) is 0 Å². The first kappa shape index (κ1) is 19.6. The summed E-state index contributed by atoms with van der Waals surface area (Å²) >= 11 is 0. The minimum absolute atomic E-state index is 0.0245. The molecule has 0 aliphatic rings. The van der Waals surface area contributed by atoms with E-state index in [2.05, 4.69) is 34.2 Å². The second kappa shape index (κ2) is 7.59. The van der Waals surface area contributed by atoms with E-state index in [1.807, 2.05) is 34.7 Å². The molecule has 0 fully saturated rings. The Labute approximate surface area is 174 Å². The average Bonchev–Trinajstić information content (AvgIpc) is 3.17. The molecule has 4 rings (SSSR count). The summed E-state index contributed by atoms with van der Waals surface area (Å²) < 4.78 is 7.61. The number of nitrogens with zero attached hydrogens (tertiary/aromatic N) is 4. The van der Waals surface area contributed by atoms with Gasteiger partial charge in [-0.3, -0.25) is 9.38 Å². The van der Waals surface area contributed by atoms with E-state index < -0.39 is 0 Å². The van der Waals surface area contributed by atoms with Crippen LogP contribution in [0.15, 0.2) is 54.4 Å². The van der Waals surface area contributed by atoms with E-state index in [1.165, 1.54) is 0 Å². The van der Waals surface area contributed by atoms with Crippen molar-refractivity contribution in [1.82, 2.24) is 19.6 Å². The Kier molecular flexibility index (Phi) is 4.95. The fourth-order valence-electron chi connectivity index (χ4n) is 3.81. The highest BCUT2D eigenvalue weighted by Gasteiger charge is 2.21. The molecule has 0 aliphatic carbocycles. The quantitative estimate of drug-likeness (QED) is 0.371. The molecular weight excluding hydrogens is 378 g/mol. The second-order valence-corrected chi connectivity index (χ2v) is 7.27. The van der Waals surface area contributed by atoms with Gasteiger partial charge in [0.15, 0.2) is 5.65 Å². The van der Waals surface area contributed by atoms with Crippen molar-refractivity contribution in [2.24, 2.45) is 0 Å². The predicted octanol–water partition coefficient (Wildman–Crippen LogP) is 4.77. The first-order chi connectivity index (χ1) is 14.4. The second-order valence-electron chi connectivity index (χ2n) is 7.27. The largest absolute Gasteiger partial charge is 0.512 e. The summed E-state index contributed by atoms with van der Waals surface area (Å²) in [6.45, 7) is 5.29. The van der Waals surface area contributed by atoms with E-state index in [0.29, 0.717) is 28.0 Å². The number of hydrogen-bond donors (Lipinski definition) is 2. The van der Waals surface area contributed by atoms with Crippen molar-refractivity contribution in [3.05, 3.63) is 71.4 Å². The molecule has 2 aromatic heterocycles. The van der Waals surface area contributed by atoms with Crippen LogP contribution < -0.4 is 4.74 Å². The lowest BCUT2D eigenvalue weighted by Gasteiger charge is -2.15. The molecule has 7 heteroatoms. The van der Waals surface area contributed by atoms with Crippen LogP contribution in [0, 0.1) is 5.41 Å². The monoisotopic (exact) mass is 401 g/mol. The van der Waals surface area contributed by atoms with E-state index in [0.717, 1.165) is 16.9 Å². The molecule has 0 unspecified atom stereocenters. The highest BCUT2D eigenvalue weighted by Crippen LogP contribution is 2.34. The van der Waals surface area contributed by atoms with E-state index >= 15 is 0 Å². The lowest BCUT2D eigenvalue weighted by Crippen LogP contribution is -2.06. The zero-order valence-corrected chi connectivity index (χ0v) is 17.3. The molecule has 0 radical (unpaired) electrons. The minimum Gasteiger partial charge on any atom is -0.512 e. The van der Waals surface area contributed by atoms with Gasteiger partial charge in [-0.25, -0.2) is 0 Å². The molecular formula is C23H23N5O2. The Balaban J connectivity index is 2.00. The van der Waals surface area contributed by atoms with Gasteiger partial charge in [-0.1, -0.05) is 37.3 Å². The van der Waals surface area contributed by atoms with Crippen molar-refractivity contribution in [3.63, 3.8) is 0 Å². The zero-order valence-electron chi connectivity index (χ0n) is 17.3. The summed E-state index contributed by atoms with van der Waals surface area (Å²) in [5.74, 6) is 1.43. The number of aromatic nitrogens is 4. The van der Waals surface area contributed by atoms with E-state index in [1.54, 1.807) is 27.2 Å². The lowest BCUT2D eigenvalue weighted by molar-refractivity contribution is 0.409. The van der Waals surface area contributed by atoms with Crippen LogP contribution in [0.25, 0.3) is 22.3 Å². The van der Waals surface area contributed by atoms with Gasteiger partial charge in [0.05, 0.1) is 30.1 Å². The first-order valence-electron chi connectivity index (χ1n) is 9.64. The topological polar surface area (TPSA) is 96.4 Å². The van der Waals surface area contributed by atoms with E-state index in [4.69, 9.17) is 10.1 Å². The molecule has 1 atom stereocenters. The van der Waals surface area contributed by atoms with Gasteiger partial charge in [0.2, 0.25) is 0 Å². The summed E-state index contributed by atoms with van der Waals surface area (Å²) in [5.41, 5.74) is 4.57. The number of benzene rings is 2. The molecule has 0 aliphatic heterocycles. The van der Waals surface area contributed by atoms with Crippen molar-refractivity contribution < 1.29 is 9.84 Å². The third kappa shape index (κ3) is 3.18. The summed E-state index contributed by atoms with van der Waals surface area (Å²) in [5, 5.41) is 27.0. The van der Waals surface area contributed by atoms with E-state index in [-0.39, 0.29) is 17.4 Å². The summed E-state index contributed by atoms with van der Waals surface area (Å²) in [7, 11) is 1.57. The molecule has 0 saturated heterocycles. The molecule has 0 saturated carbocycles. The standard InChI is InChI=1S/C23H23N5O2/c1-13(16-8-6-5-7-9-16)23-27-26-21-12-25-18-10-17(22(14(2)24)15(3)29)20(30-4)11-19(18)28(21)23/h5-13,24,29H,1-4H3/b22-15+,24-14?/t13-/m1/s1. The van der Waals surface area contributed by atoms with E-state index in [9.17, 15) is 5.11 Å². The fourth-order valence-corrected chi connectivity index (χ4v) is 3.81. The summed E-state index contributed by atoms with van der Waals surface area (Å²) in [6, 6.07) is 13.8. The number of hydrogen-bond acceptors (Lipinski definition) is 6. The van der Waals surface area contributed by atoms with Crippen molar-refractivity contribution in [3.8, 4) is 5.75 Å². The maximum Gasteiger partial charge on any atom is 0.179 e. The Morgan fingerprint density at radius 2 is 1.87 bits per heavy atom. The van der Waals surface area contributed by atoms with Gasteiger partial charge in [-0.2, -0.15) is 0 Å². The maximum atomic E-state index is 10.1. The van der Waals surface area contributed by atoms with Gasteiger partial charge in [0.25, 0.3) is 0 Å². The third-order valence-corrected chi connectivity index (χ3v) is 5.26. The molecule has 30 heavy (non-hydrogen) atoms. The molecule has 4 aromatic rings. The fraction of sp³-hybridized carbons (Fsp3) is 0.217. The Hall–Kier alpha value is -3.74. The highest BCUT2D eigenvalue weighted by molar-refractivity contribution is 6.22. The van der Waals surface area contributed by atoms with Gasteiger partial charge >= 0.3 is 0 Å². The van der Waals surface area contributed by atoms with Gasteiger partial charge < -0.3 is 15.3 Å². The molecule has 2 aromatic carbocycles. The molecule has 0 spiro atoms. The normalized spacial score (nSPS) is 13.3. The summed E-state index contributed by atoms with van der Waals surface area (Å²) in [6.07, 6.45) is 1.68. The Morgan fingerprint density at radius 1 is 1.13 bits per heavy atom. The molecule has 7 nitrogen and oxygen atoms in total. The number of fused-ring (bicyclic) bond motifs is 3. The smallest absolute Gasteiger partial charge is 0.179 e. The minimum atomic E-state index is 0.0245. The highest BCUT2D eigenvalue weighted by atomic mass is 16.5. The molecule has 152 valence electrons. The Morgan fingerprint density at radius 3 is 2.50 bits per heavy atom. The van der Waals surface area contributed by atoms with Gasteiger partial charge in [-0.05, 0) is 25.5 Å². The molecule has 2 heterocycles. The molecule has 2 N–H and O–H groups in total. The number of allylic oxidation sites excluding steroid dienone is 2. The zero-order chi connectivity index (χ0) is 21.4. The number of rotatable bonds is 5. The van der Waals surface area contributed by atoms with Gasteiger partial charge in [-0.15, -0.1) is 10.2 Å². The first-order valence-corrected chi connectivity index (χ1v) is 9.64. The molecule has 0 amide bonds. The van der Waals surface area contributed by atoms with Crippen LogP contribution >= 0.6 is 0 Å². The average molecular weight is 401 g/mol. The number of ether oxygens (including phenoxy) is 1. The van der Waals surface area contributed by atoms with Crippen molar-refractivity contribution in [2.45, 2.75) is 26.7 Å². The van der Waals surface area contributed by atoms with Crippen LogP contribution in [0.5, 0.6) is 5.75 Å². The third-order valence-electron chi connectivity index (χ3n) is 5.26. The van der Waals surface area contributed by atoms with Crippen molar-refractivity contribution in [2.75, 3.05) is 7.11 Å². The number of methoxy groups -OCH3 is 1. The molecule has 0 bridgehead atoms. The van der Waals surface area contributed by atoms with Crippen LogP contribution in [0.2, 0.25) is 0 Å². The van der Waals surface area contributed by atoms with Crippen LogP contribution in [-0.2, 0) is 0 Å². The van der Waals surface area contributed by atoms with Crippen LogP contribution in [0.1, 0.15) is 43.6 Å². The van der Waals surface area contributed by atoms with Gasteiger partial charge in [0.1, 0.15) is 11.6 Å². The predicted molar refractivity (Wildman–Crippen MR) is 117 cm³/mol. The van der Waals surface area contributed by atoms with Crippen molar-refractivity contribution >= 4 is 28.0 Å². The van der Waals surface area contributed by atoms with Crippen molar-refractivity contribution in [1.29, 1.82) is 5.41 Å². The maximum absolute atomic E-state index is 10.1. The SMILES string of the molecule is COc1cc2c(cc1/C(C(C)=N)=C(\C)O)ncc1nnc([C@H](C)c3ccccc3)n12. The Bertz CT molecular complexity index is 1290. The van der Waals surface area contributed by atoms with Crippen LogP contribution in [0.4, 0.5) is 0 Å².